The van der Waals surface area contributed by atoms with Gasteiger partial charge in [-0.15, -0.1) is 0 Å². The first-order valence-corrected chi connectivity index (χ1v) is 9.84. The minimum absolute atomic E-state index is 0.460. The van der Waals surface area contributed by atoms with Gasteiger partial charge in [0.2, 0.25) is 5.96 Å². The molecule has 2 N–H and O–H groups in total. The van der Waals surface area contributed by atoms with Gasteiger partial charge in [-0.3, -0.25) is 15.3 Å². The number of nitriles is 1. The lowest BCUT2D eigenvalue weighted by molar-refractivity contribution is 0.305. The zero-order valence-corrected chi connectivity index (χ0v) is 17.1. The molecule has 0 aliphatic heterocycles. The highest BCUT2D eigenvalue weighted by atomic mass is 16.5. The Morgan fingerprint density at radius 1 is 1.04 bits per heavy atom. The normalized spacial score (nSPS) is 10.3. The summed E-state index contributed by atoms with van der Waals surface area (Å²) in [7, 11) is 0. The fraction of sp³-hybridized carbons (Fsp3) is 0.409. The molecule has 6 nitrogen and oxygen atoms in total. The van der Waals surface area contributed by atoms with E-state index in [1.807, 2.05) is 44.3 Å². The lowest BCUT2D eigenvalue weighted by Crippen LogP contribution is -2.27. The summed E-state index contributed by atoms with van der Waals surface area (Å²) < 4.78 is 5.72. The monoisotopic (exact) mass is 381 g/mol. The van der Waals surface area contributed by atoms with Gasteiger partial charge in [0.1, 0.15) is 5.75 Å². The topological polar surface area (TPSA) is 82.3 Å². The van der Waals surface area contributed by atoms with Gasteiger partial charge < -0.3 is 10.1 Å². The van der Waals surface area contributed by atoms with Crippen LogP contribution in [0.5, 0.6) is 5.75 Å². The van der Waals surface area contributed by atoms with Gasteiger partial charge in [-0.1, -0.05) is 38.0 Å². The maximum absolute atomic E-state index is 8.82. The molecular formula is C22H31N5O. The van der Waals surface area contributed by atoms with Crippen molar-refractivity contribution < 1.29 is 4.74 Å². The maximum atomic E-state index is 8.82. The largest absolute Gasteiger partial charge is 0.494 e. The van der Waals surface area contributed by atoms with Crippen LogP contribution in [-0.4, -0.2) is 24.1 Å². The van der Waals surface area contributed by atoms with E-state index in [4.69, 9.17) is 10.00 Å². The summed E-state index contributed by atoms with van der Waals surface area (Å²) in [6.45, 7) is 7.47. The second-order valence-electron chi connectivity index (χ2n) is 5.90. The van der Waals surface area contributed by atoms with Gasteiger partial charge in [-0.25, -0.2) is 0 Å². The predicted molar refractivity (Wildman–Crippen MR) is 115 cm³/mol. The SMILES string of the molecule is CC.Cc1ccc(OCCCCCCN=C(NC#N)Nc2ccncc2)cc1. The Bertz CT molecular complexity index is 708. The van der Waals surface area contributed by atoms with Gasteiger partial charge >= 0.3 is 0 Å². The molecule has 1 aromatic carbocycles. The van der Waals surface area contributed by atoms with Crippen molar-refractivity contribution in [2.45, 2.75) is 46.5 Å². The molecule has 0 saturated carbocycles. The third-order valence-corrected chi connectivity index (χ3v) is 3.73. The number of nitrogens with one attached hydrogen (secondary N) is 2. The number of anilines is 1. The summed E-state index contributed by atoms with van der Waals surface area (Å²) >= 11 is 0. The van der Waals surface area contributed by atoms with E-state index in [0.29, 0.717) is 12.5 Å². The van der Waals surface area contributed by atoms with Crippen molar-refractivity contribution in [3.05, 3.63) is 54.4 Å². The predicted octanol–water partition coefficient (Wildman–Crippen LogP) is 4.89. The van der Waals surface area contributed by atoms with Gasteiger partial charge in [0.25, 0.3) is 0 Å². The number of rotatable bonds is 9. The van der Waals surface area contributed by atoms with Crippen LogP contribution in [-0.2, 0) is 0 Å². The van der Waals surface area contributed by atoms with E-state index in [9.17, 15) is 0 Å². The molecule has 150 valence electrons. The highest BCUT2D eigenvalue weighted by Gasteiger charge is 1.99. The first-order chi connectivity index (χ1) is 13.8. The number of aliphatic imine (C=N–C) groups is 1. The zero-order valence-electron chi connectivity index (χ0n) is 17.1. The Morgan fingerprint density at radius 2 is 1.71 bits per heavy atom. The average Bonchev–Trinajstić information content (AvgIpc) is 2.73. The maximum Gasteiger partial charge on any atom is 0.209 e. The fourth-order valence-corrected chi connectivity index (χ4v) is 2.32. The molecule has 2 rings (SSSR count). The van der Waals surface area contributed by atoms with Crippen molar-refractivity contribution in [3.63, 3.8) is 0 Å². The third kappa shape index (κ3) is 10.2. The summed E-state index contributed by atoms with van der Waals surface area (Å²) in [5, 5.41) is 14.5. The molecule has 0 unspecified atom stereocenters. The number of hydrogen-bond acceptors (Lipinski definition) is 4. The smallest absolute Gasteiger partial charge is 0.209 e. The molecule has 28 heavy (non-hydrogen) atoms. The highest BCUT2D eigenvalue weighted by molar-refractivity contribution is 5.94. The number of aromatic nitrogens is 1. The molecule has 0 aliphatic rings. The number of unbranched alkanes of at least 4 members (excludes halogenated alkanes) is 3. The quantitative estimate of drug-likeness (QED) is 0.212. The Morgan fingerprint density at radius 3 is 2.39 bits per heavy atom. The van der Waals surface area contributed by atoms with Crippen LogP contribution in [0.1, 0.15) is 45.1 Å². The van der Waals surface area contributed by atoms with Gasteiger partial charge in [0.15, 0.2) is 6.19 Å². The van der Waals surface area contributed by atoms with Crippen molar-refractivity contribution in [1.82, 2.24) is 10.3 Å². The number of ether oxygens (including phenoxy) is 1. The Kier molecular flexibility index (Phi) is 12.3. The molecule has 0 amide bonds. The van der Waals surface area contributed by atoms with Gasteiger partial charge in [0.05, 0.1) is 6.61 Å². The molecule has 6 heteroatoms. The van der Waals surface area contributed by atoms with Crippen LogP contribution < -0.4 is 15.4 Å². The molecular weight excluding hydrogens is 350 g/mol. The van der Waals surface area contributed by atoms with Crippen LogP contribution in [0.3, 0.4) is 0 Å². The summed E-state index contributed by atoms with van der Waals surface area (Å²) in [4.78, 5) is 8.36. The molecule has 0 aliphatic carbocycles. The summed E-state index contributed by atoms with van der Waals surface area (Å²) in [5.74, 6) is 1.39. The Balaban J connectivity index is 0.00000190. The number of hydrogen-bond donors (Lipinski definition) is 2. The van der Waals surface area contributed by atoms with E-state index in [1.54, 1.807) is 12.4 Å². The van der Waals surface area contributed by atoms with Crippen molar-refractivity contribution in [2.75, 3.05) is 18.5 Å². The summed E-state index contributed by atoms with van der Waals surface area (Å²) in [5.41, 5.74) is 2.08. The molecule has 0 saturated heterocycles. The highest BCUT2D eigenvalue weighted by Crippen LogP contribution is 2.12. The van der Waals surface area contributed by atoms with E-state index in [0.717, 1.165) is 43.7 Å². The first-order valence-electron chi connectivity index (χ1n) is 9.84. The van der Waals surface area contributed by atoms with Crippen molar-refractivity contribution >= 4 is 11.6 Å². The zero-order chi connectivity index (χ0) is 20.5. The molecule has 0 radical (unpaired) electrons. The third-order valence-electron chi connectivity index (χ3n) is 3.73. The van der Waals surface area contributed by atoms with Crippen molar-refractivity contribution in [1.29, 1.82) is 5.26 Å². The van der Waals surface area contributed by atoms with E-state index < -0.39 is 0 Å². The van der Waals surface area contributed by atoms with Crippen molar-refractivity contribution in [2.24, 2.45) is 4.99 Å². The molecule has 2 aromatic rings. The second kappa shape index (κ2) is 15.0. The lowest BCUT2D eigenvalue weighted by Gasteiger charge is -2.08. The first kappa shape index (κ1) is 23.0. The summed E-state index contributed by atoms with van der Waals surface area (Å²) in [6.07, 6.45) is 9.44. The molecule has 1 aromatic heterocycles. The number of guanidine groups is 1. The molecule has 0 bridgehead atoms. The van der Waals surface area contributed by atoms with Crippen LogP contribution >= 0.6 is 0 Å². The average molecular weight is 382 g/mol. The molecule has 0 spiro atoms. The van der Waals surface area contributed by atoms with E-state index in [1.165, 1.54) is 5.56 Å². The second-order valence-corrected chi connectivity index (χ2v) is 5.90. The number of pyridine rings is 1. The lowest BCUT2D eigenvalue weighted by atomic mass is 10.2. The standard InChI is InChI=1S/C20H25N5O.C2H6/c1-17-6-8-19(9-7-17)26-15-5-3-2-4-12-23-20(24-16-21)25-18-10-13-22-14-11-18;1-2/h6-11,13-14H,2-5,12,15H2,1H3,(H2,22,23,24,25);1-2H3. The Labute approximate surface area is 168 Å². The van der Waals surface area contributed by atoms with E-state index in [-0.39, 0.29) is 0 Å². The van der Waals surface area contributed by atoms with E-state index >= 15 is 0 Å². The fourth-order valence-electron chi connectivity index (χ4n) is 2.32. The minimum atomic E-state index is 0.460. The van der Waals surface area contributed by atoms with Crippen LogP contribution in [0.15, 0.2) is 53.8 Å². The summed E-state index contributed by atoms with van der Waals surface area (Å²) in [6, 6.07) is 11.8. The van der Waals surface area contributed by atoms with Crippen LogP contribution in [0, 0.1) is 18.4 Å². The molecule has 0 atom stereocenters. The van der Waals surface area contributed by atoms with Gasteiger partial charge in [-0.2, -0.15) is 5.26 Å². The number of benzene rings is 1. The number of nitrogens with zero attached hydrogens (tertiary/aromatic N) is 3. The van der Waals surface area contributed by atoms with Gasteiger partial charge in [0, 0.05) is 24.6 Å². The van der Waals surface area contributed by atoms with Gasteiger partial charge in [-0.05, 0) is 50.5 Å². The van der Waals surface area contributed by atoms with Crippen LogP contribution in [0.25, 0.3) is 0 Å². The van der Waals surface area contributed by atoms with Crippen molar-refractivity contribution in [3.8, 4) is 11.9 Å². The van der Waals surface area contributed by atoms with Crippen LogP contribution in [0.2, 0.25) is 0 Å². The number of aryl methyl sites for hydroxylation is 1. The van der Waals surface area contributed by atoms with E-state index in [2.05, 4.69) is 39.7 Å². The Hall–Kier alpha value is -3.07. The molecule has 1 heterocycles. The molecule has 0 fully saturated rings. The minimum Gasteiger partial charge on any atom is -0.494 e. The van der Waals surface area contributed by atoms with Crippen LogP contribution in [0.4, 0.5) is 5.69 Å².